The van der Waals surface area contributed by atoms with E-state index in [0.29, 0.717) is 0 Å². The number of likely N-dealkylation sites (tertiary alicyclic amines) is 1. The molecule has 2 rings (SSSR count). The summed E-state index contributed by atoms with van der Waals surface area (Å²) >= 11 is 0. The average Bonchev–Trinajstić information content (AvgIpc) is 2.23. The van der Waals surface area contributed by atoms with Gasteiger partial charge in [0.05, 0.1) is 0 Å². The van der Waals surface area contributed by atoms with Crippen LogP contribution in [0.2, 0.25) is 0 Å². The van der Waals surface area contributed by atoms with E-state index in [4.69, 9.17) is 5.73 Å². The van der Waals surface area contributed by atoms with Crippen molar-refractivity contribution in [3.8, 4) is 0 Å². The molecule has 0 radical (unpaired) electrons. The Morgan fingerprint density at radius 3 is 2.33 bits per heavy atom. The van der Waals surface area contributed by atoms with E-state index < -0.39 is 0 Å². The van der Waals surface area contributed by atoms with Crippen LogP contribution in [-0.4, -0.2) is 31.6 Å². The lowest BCUT2D eigenvalue weighted by Gasteiger charge is -2.45. The first kappa shape index (κ1) is 11.4. The topological polar surface area (TPSA) is 29.3 Å². The van der Waals surface area contributed by atoms with Crippen LogP contribution in [0.5, 0.6) is 0 Å². The number of rotatable bonds is 4. The van der Waals surface area contributed by atoms with Crippen LogP contribution in [-0.2, 0) is 0 Å². The van der Waals surface area contributed by atoms with Gasteiger partial charge in [0.2, 0.25) is 0 Å². The van der Waals surface area contributed by atoms with Crippen LogP contribution >= 0.6 is 0 Å². The van der Waals surface area contributed by atoms with Gasteiger partial charge in [-0.05, 0) is 37.8 Å². The molecule has 1 unspecified atom stereocenters. The summed E-state index contributed by atoms with van der Waals surface area (Å²) in [6.07, 6.45) is 8.62. The first-order valence-electron chi connectivity index (χ1n) is 6.70. The fraction of sp³-hybridized carbons (Fsp3) is 1.00. The third kappa shape index (κ3) is 2.73. The predicted octanol–water partition coefficient (Wildman–Crippen LogP) is 2.09. The predicted molar refractivity (Wildman–Crippen MR) is 64.7 cm³/mol. The number of hydrogen-bond acceptors (Lipinski definition) is 2. The van der Waals surface area contributed by atoms with Crippen LogP contribution in [0.3, 0.4) is 0 Å². The molecular weight excluding hydrogens is 184 g/mol. The minimum absolute atomic E-state index is 0.890. The van der Waals surface area contributed by atoms with Crippen LogP contribution in [0.1, 0.15) is 38.5 Å². The fourth-order valence-electron chi connectivity index (χ4n) is 3.63. The molecule has 0 spiro atoms. The zero-order valence-corrected chi connectivity index (χ0v) is 10.1. The molecule has 0 bridgehead atoms. The van der Waals surface area contributed by atoms with Gasteiger partial charge in [-0.3, -0.25) is 0 Å². The molecular formula is C13H26N2. The van der Waals surface area contributed by atoms with Gasteiger partial charge in [0.15, 0.2) is 0 Å². The minimum Gasteiger partial charge on any atom is -0.330 e. The first-order valence-corrected chi connectivity index (χ1v) is 6.70. The van der Waals surface area contributed by atoms with Crippen molar-refractivity contribution in [2.24, 2.45) is 23.5 Å². The van der Waals surface area contributed by atoms with E-state index in [9.17, 15) is 0 Å². The summed E-state index contributed by atoms with van der Waals surface area (Å²) in [5, 5.41) is 0. The maximum Gasteiger partial charge on any atom is 0.00217 e. The Hall–Kier alpha value is -0.0800. The standard InChI is InChI=1S/C13H26N2/c1-15-9-12(10-15)13(7-8-14)11-5-3-2-4-6-11/h11-13H,2-10,14H2,1H3. The van der Waals surface area contributed by atoms with Crippen molar-refractivity contribution in [3.05, 3.63) is 0 Å². The van der Waals surface area contributed by atoms with Crippen molar-refractivity contribution in [2.45, 2.75) is 38.5 Å². The fourth-order valence-corrected chi connectivity index (χ4v) is 3.63. The highest BCUT2D eigenvalue weighted by Gasteiger charge is 2.35. The second-order valence-corrected chi connectivity index (χ2v) is 5.62. The summed E-state index contributed by atoms with van der Waals surface area (Å²) in [5.74, 6) is 2.90. The summed E-state index contributed by atoms with van der Waals surface area (Å²) < 4.78 is 0. The van der Waals surface area contributed by atoms with E-state index in [2.05, 4.69) is 11.9 Å². The van der Waals surface area contributed by atoms with Crippen molar-refractivity contribution in [2.75, 3.05) is 26.7 Å². The quantitative estimate of drug-likeness (QED) is 0.770. The second kappa shape index (κ2) is 5.31. The van der Waals surface area contributed by atoms with Gasteiger partial charge in [-0.15, -0.1) is 0 Å². The highest BCUT2D eigenvalue weighted by molar-refractivity contribution is 4.87. The van der Waals surface area contributed by atoms with Crippen LogP contribution in [0.4, 0.5) is 0 Å². The van der Waals surface area contributed by atoms with E-state index >= 15 is 0 Å². The molecule has 1 aliphatic heterocycles. The Labute approximate surface area is 94.2 Å². The molecule has 2 N–H and O–H groups in total. The molecule has 15 heavy (non-hydrogen) atoms. The van der Waals surface area contributed by atoms with Gasteiger partial charge in [0.25, 0.3) is 0 Å². The lowest BCUT2D eigenvalue weighted by molar-refractivity contribution is 0.0401. The van der Waals surface area contributed by atoms with Gasteiger partial charge < -0.3 is 10.6 Å². The van der Waals surface area contributed by atoms with Crippen molar-refractivity contribution in [1.82, 2.24) is 4.90 Å². The molecule has 2 heteroatoms. The van der Waals surface area contributed by atoms with Crippen molar-refractivity contribution in [3.63, 3.8) is 0 Å². The molecule has 0 aromatic carbocycles. The maximum atomic E-state index is 5.77. The molecule has 1 aliphatic carbocycles. The Morgan fingerprint density at radius 2 is 1.80 bits per heavy atom. The Bertz CT molecular complexity index is 181. The normalized spacial score (nSPS) is 27.6. The summed E-state index contributed by atoms with van der Waals surface area (Å²) in [6, 6.07) is 0. The van der Waals surface area contributed by atoms with E-state index in [-0.39, 0.29) is 0 Å². The van der Waals surface area contributed by atoms with Gasteiger partial charge in [0, 0.05) is 13.1 Å². The van der Waals surface area contributed by atoms with E-state index in [1.807, 2.05) is 0 Å². The molecule has 0 amide bonds. The Balaban J connectivity index is 1.86. The lowest BCUT2D eigenvalue weighted by atomic mass is 9.70. The number of nitrogens with zero attached hydrogens (tertiary/aromatic N) is 1. The van der Waals surface area contributed by atoms with Crippen LogP contribution in [0.25, 0.3) is 0 Å². The third-order valence-corrected chi connectivity index (χ3v) is 4.45. The maximum absolute atomic E-state index is 5.77. The van der Waals surface area contributed by atoms with Crippen LogP contribution < -0.4 is 5.73 Å². The third-order valence-electron chi connectivity index (χ3n) is 4.45. The zero-order chi connectivity index (χ0) is 10.7. The highest BCUT2D eigenvalue weighted by atomic mass is 15.2. The van der Waals surface area contributed by atoms with Crippen LogP contribution in [0.15, 0.2) is 0 Å². The second-order valence-electron chi connectivity index (χ2n) is 5.62. The zero-order valence-electron chi connectivity index (χ0n) is 10.1. The van der Waals surface area contributed by atoms with E-state index in [1.54, 1.807) is 0 Å². The number of hydrogen-bond donors (Lipinski definition) is 1. The summed E-state index contributed by atoms with van der Waals surface area (Å²) in [4.78, 5) is 2.44. The molecule has 1 saturated carbocycles. The van der Waals surface area contributed by atoms with E-state index in [1.165, 1.54) is 51.6 Å². The molecule has 2 nitrogen and oxygen atoms in total. The molecule has 88 valence electrons. The first-order chi connectivity index (χ1) is 7.31. The smallest absolute Gasteiger partial charge is 0.00217 e. The van der Waals surface area contributed by atoms with Gasteiger partial charge >= 0.3 is 0 Å². The summed E-state index contributed by atoms with van der Waals surface area (Å²) in [6.45, 7) is 3.53. The summed E-state index contributed by atoms with van der Waals surface area (Å²) in [5.41, 5.74) is 5.77. The molecule has 1 saturated heterocycles. The van der Waals surface area contributed by atoms with Gasteiger partial charge in [-0.25, -0.2) is 0 Å². The van der Waals surface area contributed by atoms with Crippen LogP contribution in [0, 0.1) is 17.8 Å². The molecule has 1 heterocycles. The number of nitrogens with two attached hydrogens (primary N) is 1. The minimum atomic E-state index is 0.890. The van der Waals surface area contributed by atoms with Gasteiger partial charge in [-0.1, -0.05) is 32.1 Å². The SMILES string of the molecule is CN1CC(C(CCN)C2CCCCC2)C1. The molecule has 0 aromatic heterocycles. The molecule has 2 fully saturated rings. The van der Waals surface area contributed by atoms with Crippen molar-refractivity contribution >= 4 is 0 Å². The monoisotopic (exact) mass is 210 g/mol. The Morgan fingerprint density at radius 1 is 1.13 bits per heavy atom. The van der Waals surface area contributed by atoms with Crippen molar-refractivity contribution in [1.29, 1.82) is 0 Å². The molecule has 0 aromatic rings. The molecule has 2 aliphatic rings. The largest absolute Gasteiger partial charge is 0.330 e. The average molecular weight is 210 g/mol. The Kier molecular flexibility index (Phi) is 4.04. The highest BCUT2D eigenvalue weighted by Crippen LogP contribution is 2.38. The van der Waals surface area contributed by atoms with Crippen molar-refractivity contribution < 1.29 is 0 Å². The van der Waals surface area contributed by atoms with E-state index in [0.717, 1.165) is 24.3 Å². The van der Waals surface area contributed by atoms with Gasteiger partial charge in [-0.2, -0.15) is 0 Å². The summed E-state index contributed by atoms with van der Waals surface area (Å²) in [7, 11) is 2.23. The molecule has 1 atom stereocenters. The van der Waals surface area contributed by atoms with Gasteiger partial charge in [0.1, 0.15) is 0 Å². The lowest BCUT2D eigenvalue weighted by Crippen LogP contribution is -2.49.